The molecule has 0 radical (unpaired) electrons. The largest absolute Gasteiger partial charge is 0.325 e. The molecule has 1 nitrogen and oxygen atoms in total. The average molecular weight is 221 g/mol. The second-order valence-electron chi connectivity index (χ2n) is 5.37. The second-order valence-corrected chi connectivity index (χ2v) is 5.37. The first-order valence-electron chi connectivity index (χ1n) is 6.11. The van der Waals surface area contributed by atoms with E-state index in [0.29, 0.717) is 5.92 Å². The van der Waals surface area contributed by atoms with Crippen LogP contribution in [-0.4, -0.2) is 5.54 Å². The zero-order valence-electron chi connectivity index (χ0n) is 9.88. The molecule has 0 spiro atoms. The first-order valence-corrected chi connectivity index (χ1v) is 6.11. The van der Waals surface area contributed by atoms with Crippen LogP contribution in [0.15, 0.2) is 24.3 Å². The van der Waals surface area contributed by atoms with Gasteiger partial charge in [0.15, 0.2) is 0 Å². The fraction of sp³-hybridized carbons (Fsp3) is 0.571. The summed E-state index contributed by atoms with van der Waals surface area (Å²) >= 11 is 0. The van der Waals surface area contributed by atoms with Gasteiger partial charge in [-0.2, -0.15) is 0 Å². The first kappa shape index (κ1) is 11.6. The van der Waals surface area contributed by atoms with Crippen LogP contribution in [0.25, 0.3) is 0 Å². The van der Waals surface area contributed by atoms with Gasteiger partial charge in [0.05, 0.1) is 0 Å². The van der Waals surface area contributed by atoms with E-state index < -0.39 is 0 Å². The molecule has 2 heteroatoms. The fourth-order valence-corrected chi connectivity index (χ4v) is 2.91. The first-order chi connectivity index (χ1) is 7.57. The average Bonchev–Trinajstić information content (AvgIpc) is 2.16. The molecule has 1 aliphatic carbocycles. The third-order valence-corrected chi connectivity index (χ3v) is 3.57. The summed E-state index contributed by atoms with van der Waals surface area (Å²) in [6.45, 7) is 2.26. The van der Waals surface area contributed by atoms with Crippen molar-refractivity contribution in [1.82, 2.24) is 0 Å². The van der Waals surface area contributed by atoms with Crippen molar-refractivity contribution in [1.29, 1.82) is 0 Å². The highest BCUT2D eigenvalue weighted by Crippen LogP contribution is 2.32. The molecule has 1 fully saturated rings. The van der Waals surface area contributed by atoms with Crippen molar-refractivity contribution in [3.05, 3.63) is 35.6 Å². The zero-order valence-corrected chi connectivity index (χ0v) is 9.88. The summed E-state index contributed by atoms with van der Waals surface area (Å²) in [5, 5.41) is 0. The van der Waals surface area contributed by atoms with Crippen molar-refractivity contribution >= 4 is 0 Å². The topological polar surface area (TPSA) is 26.0 Å². The summed E-state index contributed by atoms with van der Waals surface area (Å²) in [6.07, 6.45) is 5.40. The maximum Gasteiger partial charge on any atom is 0.123 e. The number of benzene rings is 1. The van der Waals surface area contributed by atoms with Gasteiger partial charge in [0, 0.05) is 5.54 Å². The van der Waals surface area contributed by atoms with Crippen LogP contribution in [0.3, 0.4) is 0 Å². The Morgan fingerprint density at radius 1 is 1.50 bits per heavy atom. The summed E-state index contributed by atoms with van der Waals surface area (Å²) in [7, 11) is 0. The third-order valence-electron chi connectivity index (χ3n) is 3.57. The zero-order chi connectivity index (χ0) is 11.6. The summed E-state index contributed by atoms with van der Waals surface area (Å²) in [5.41, 5.74) is 7.31. The highest BCUT2D eigenvalue weighted by molar-refractivity contribution is 5.19. The van der Waals surface area contributed by atoms with Gasteiger partial charge in [-0.15, -0.1) is 0 Å². The van der Waals surface area contributed by atoms with Crippen molar-refractivity contribution in [2.75, 3.05) is 0 Å². The Labute approximate surface area is 96.9 Å². The standard InChI is InChI=1S/C14H20FN/c1-11-4-3-7-14(16,9-11)10-12-5-2-6-13(15)8-12/h2,5-6,8,11H,3-4,7,9-10,16H2,1H3. The molecule has 1 saturated carbocycles. The molecule has 0 bridgehead atoms. The van der Waals surface area contributed by atoms with Crippen LogP contribution in [0.5, 0.6) is 0 Å². The van der Waals surface area contributed by atoms with Crippen LogP contribution in [0.4, 0.5) is 4.39 Å². The van der Waals surface area contributed by atoms with Gasteiger partial charge in [-0.1, -0.05) is 31.9 Å². The molecule has 2 unspecified atom stereocenters. The molecule has 0 heterocycles. The smallest absolute Gasteiger partial charge is 0.123 e. The number of rotatable bonds is 2. The highest BCUT2D eigenvalue weighted by atomic mass is 19.1. The van der Waals surface area contributed by atoms with E-state index in [-0.39, 0.29) is 11.4 Å². The molecule has 0 aromatic heterocycles. The molecule has 1 aromatic carbocycles. The lowest BCUT2D eigenvalue weighted by molar-refractivity contribution is 0.235. The van der Waals surface area contributed by atoms with Gasteiger partial charge < -0.3 is 5.73 Å². The predicted molar refractivity (Wildman–Crippen MR) is 64.7 cm³/mol. The Morgan fingerprint density at radius 2 is 2.31 bits per heavy atom. The Morgan fingerprint density at radius 3 is 3.00 bits per heavy atom. The SMILES string of the molecule is CC1CCCC(N)(Cc2cccc(F)c2)C1. The van der Waals surface area contributed by atoms with Crippen LogP contribution < -0.4 is 5.73 Å². The predicted octanol–water partition coefficient (Wildman–Crippen LogP) is 3.28. The van der Waals surface area contributed by atoms with Gasteiger partial charge in [0.2, 0.25) is 0 Å². The van der Waals surface area contributed by atoms with E-state index >= 15 is 0 Å². The van der Waals surface area contributed by atoms with Gasteiger partial charge in [0.25, 0.3) is 0 Å². The van der Waals surface area contributed by atoms with E-state index in [0.717, 1.165) is 24.8 Å². The van der Waals surface area contributed by atoms with E-state index in [4.69, 9.17) is 5.73 Å². The fourth-order valence-electron chi connectivity index (χ4n) is 2.91. The molecular weight excluding hydrogens is 201 g/mol. The highest BCUT2D eigenvalue weighted by Gasteiger charge is 2.30. The lowest BCUT2D eigenvalue weighted by Crippen LogP contribution is -2.45. The van der Waals surface area contributed by atoms with Crippen molar-refractivity contribution in [3.8, 4) is 0 Å². The number of halogens is 1. The molecule has 0 amide bonds. The third kappa shape index (κ3) is 2.82. The molecule has 2 atom stereocenters. The Balaban J connectivity index is 2.08. The summed E-state index contributed by atoms with van der Waals surface area (Å²) in [6, 6.07) is 6.82. The van der Waals surface area contributed by atoms with Crippen molar-refractivity contribution in [3.63, 3.8) is 0 Å². The summed E-state index contributed by atoms with van der Waals surface area (Å²) in [5.74, 6) is 0.539. The maximum atomic E-state index is 13.1. The van der Waals surface area contributed by atoms with E-state index in [1.807, 2.05) is 6.07 Å². The van der Waals surface area contributed by atoms with E-state index in [1.165, 1.54) is 18.9 Å². The summed E-state index contributed by atoms with van der Waals surface area (Å²) < 4.78 is 13.1. The van der Waals surface area contributed by atoms with Crippen LogP contribution in [0.1, 0.15) is 38.2 Å². The normalized spacial score (nSPS) is 30.3. The van der Waals surface area contributed by atoms with Gasteiger partial charge >= 0.3 is 0 Å². The van der Waals surface area contributed by atoms with E-state index in [2.05, 4.69) is 6.92 Å². The second kappa shape index (κ2) is 4.54. The van der Waals surface area contributed by atoms with E-state index in [9.17, 15) is 4.39 Å². The molecule has 0 saturated heterocycles. The van der Waals surface area contributed by atoms with Crippen LogP contribution in [0, 0.1) is 11.7 Å². The maximum absolute atomic E-state index is 13.1. The van der Waals surface area contributed by atoms with Crippen molar-refractivity contribution < 1.29 is 4.39 Å². The van der Waals surface area contributed by atoms with Gasteiger partial charge in [-0.05, 0) is 42.9 Å². The van der Waals surface area contributed by atoms with Gasteiger partial charge in [-0.3, -0.25) is 0 Å². The Kier molecular flexibility index (Phi) is 3.29. The number of hydrogen-bond acceptors (Lipinski definition) is 1. The lowest BCUT2D eigenvalue weighted by Gasteiger charge is -2.37. The molecule has 0 aliphatic heterocycles. The number of hydrogen-bond donors (Lipinski definition) is 1. The Hall–Kier alpha value is -0.890. The molecule has 1 aromatic rings. The minimum absolute atomic E-state index is 0.120. The summed E-state index contributed by atoms with van der Waals surface area (Å²) in [4.78, 5) is 0. The molecule has 2 N–H and O–H groups in total. The van der Waals surface area contributed by atoms with Crippen molar-refractivity contribution in [2.45, 2.75) is 44.6 Å². The lowest BCUT2D eigenvalue weighted by atomic mass is 9.74. The van der Waals surface area contributed by atoms with Crippen LogP contribution in [0.2, 0.25) is 0 Å². The number of nitrogens with two attached hydrogens (primary N) is 1. The van der Waals surface area contributed by atoms with Gasteiger partial charge in [-0.25, -0.2) is 4.39 Å². The minimum Gasteiger partial charge on any atom is -0.325 e. The molecule has 88 valence electrons. The Bertz CT molecular complexity index is 364. The molecule has 1 aliphatic rings. The minimum atomic E-state index is -0.162. The van der Waals surface area contributed by atoms with Crippen LogP contribution >= 0.6 is 0 Å². The quantitative estimate of drug-likeness (QED) is 0.815. The van der Waals surface area contributed by atoms with E-state index in [1.54, 1.807) is 12.1 Å². The molecular formula is C14H20FN. The van der Waals surface area contributed by atoms with Crippen molar-refractivity contribution in [2.24, 2.45) is 11.7 Å². The monoisotopic (exact) mass is 221 g/mol. The molecule has 16 heavy (non-hydrogen) atoms. The van der Waals surface area contributed by atoms with Crippen LogP contribution in [-0.2, 0) is 6.42 Å². The van der Waals surface area contributed by atoms with Gasteiger partial charge in [0.1, 0.15) is 5.82 Å². The molecule has 2 rings (SSSR count).